The van der Waals surface area contributed by atoms with E-state index in [1.54, 1.807) is 19.5 Å². The largest absolute Gasteiger partial charge is 0.493 e. The van der Waals surface area contributed by atoms with Crippen molar-refractivity contribution in [3.63, 3.8) is 0 Å². The molecular weight excluding hydrogens is 240 g/mol. The van der Waals surface area contributed by atoms with Crippen LogP contribution in [0.25, 0.3) is 0 Å². The molecule has 0 radical (unpaired) electrons. The standard InChI is InChI=1S/C14H20N4O/c1-4-7-18-14(12(19-3)9-17-18)13(15)11-8-10(2)5-6-16-11/h5-6,8-9,13H,4,7,15H2,1-3H3. The molecule has 0 aliphatic rings. The maximum Gasteiger partial charge on any atom is 0.161 e. The molecule has 2 aromatic heterocycles. The Morgan fingerprint density at radius 1 is 1.47 bits per heavy atom. The van der Waals surface area contributed by atoms with Crippen molar-refractivity contribution >= 4 is 0 Å². The van der Waals surface area contributed by atoms with Crippen LogP contribution in [0, 0.1) is 6.92 Å². The minimum absolute atomic E-state index is 0.330. The second-order valence-corrected chi connectivity index (χ2v) is 4.56. The Bertz CT molecular complexity index is 550. The van der Waals surface area contributed by atoms with Gasteiger partial charge < -0.3 is 10.5 Å². The second kappa shape index (κ2) is 5.84. The van der Waals surface area contributed by atoms with Gasteiger partial charge in [0.15, 0.2) is 5.75 Å². The molecule has 2 aromatic rings. The summed E-state index contributed by atoms with van der Waals surface area (Å²) in [6.45, 7) is 4.95. The van der Waals surface area contributed by atoms with Gasteiger partial charge in [-0.15, -0.1) is 0 Å². The second-order valence-electron chi connectivity index (χ2n) is 4.56. The molecule has 5 nitrogen and oxygen atoms in total. The van der Waals surface area contributed by atoms with E-state index in [9.17, 15) is 0 Å². The van der Waals surface area contributed by atoms with Crippen molar-refractivity contribution in [1.29, 1.82) is 0 Å². The Morgan fingerprint density at radius 2 is 2.26 bits per heavy atom. The lowest BCUT2D eigenvalue weighted by Crippen LogP contribution is -2.19. The van der Waals surface area contributed by atoms with Gasteiger partial charge in [-0.25, -0.2) is 0 Å². The Morgan fingerprint density at radius 3 is 2.89 bits per heavy atom. The number of hydrogen-bond acceptors (Lipinski definition) is 4. The Labute approximate surface area is 113 Å². The fraction of sp³-hybridized carbons (Fsp3) is 0.429. The summed E-state index contributed by atoms with van der Waals surface area (Å²) in [5.74, 6) is 0.712. The van der Waals surface area contributed by atoms with Crippen LogP contribution in [-0.2, 0) is 6.54 Å². The molecule has 0 fully saturated rings. The summed E-state index contributed by atoms with van der Waals surface area (Å²) in [6, 6.07) is 3.62. The summed E-state index contributed by atoms with van der Waals surface area (Å²) in [4.78, 5) is 4.35. The van der Waals surface area contributed by atoms with Crippen LogP contribution in [0.15, 0.2) is 24.5 Å². The maximum absolute atomic E-state index is 6.33. The van der Waals surface area contributed by atoms with Crippen LogP contribution in [0.2, 0.25) is 0 Å². The number of methoxy groups -OCH3 is 1. The van der Waals surface area contributed by atoms with Gasteiger partial charge in [0, 0.05) is 12.7 Å². The molecule has 0 saturated heterocycles. The number of rotatable bonds is 5. The molecule has 0 aliphatic heterocycles. The highest BCUT2D eigenvalue weighted by molar-refractivity contribution is 5.34. The fourth-order valence-electron chi connectivity index (χ4n) is 2.11. The van der Waals surface area contributed by atoms with Crippen LogP contribution in [0.4, 0.5) is 0 Å². The van der Waals surface area contributed by atoms with Gasteiger partial charge in [0.05, 0.1) is 25.0 Å². The van der Waals surface area contributed by atoms with E-state index in [1.807, 2.05) is 23.7 Å². The summed E-state index contributed by atoms with van der Waals surface area (Å²) in [7, 11) is 1.63. The van der Waals surface area contributed by atoms with E-state index in [2.05, 4.69) is 17.0 Å². The first-order valence-electron chi connectivity index (χ1n) is 6.45. The molecule has 2 rings (SSSR count). The lowest BCUT2D eigenvalue weighted by molar-refractivity contribution is 0.403. The molecule has 5 heteroatoms. The van der Waals surface area contributed by atoms with Crippen molar-refractivity contribution in [3.8, 4) is 5.75 Å². The van der Waals surface area contributed by atoms with Crippen LogP contribution in [0.3, 0.4) is 0 Å². The van der Waals surface area contributed by atoms with Gasteiger partial charge in [0.2, 0.25) is 0 Å². The monoisotopic (exact) mass is 260 g/mol. The summed E-state index contributed by atoms with van der Waals surface area (Å²) >= 11 is 0. The zero-order chi connectivity index (χ0) is 13.8. The summed E-state index contributed by atoms with van der Waals surface area (Å²) in [5.41, 5.74) is 9.18. The van der Waals surface area contributed by atoms with E-state index in [-0.39, 0.29) is 6.04 Å². The molecule has 2 N–H and O–H groups in total. The lowest BCUT2D eigenvalue weighted by atomic mass is 10.1. The van der Waals surface area contributed by atoms with Crippen molar-refractivity contribution in [2.45, 2.75) is 32.9 Å². The lowest BCUT2D eigenvalue weighted by Gasteiger charge is -2.15. The number of nitrogens with two attached hydrogens (primary N) is 1. The van der Waals surface area contributed by atoms with Gasteiger partial charge in [-0.1, -0.05) is 6.92 Å². The van der Waals surface area contributed by atoms with Gasteiger partial charge >= 0.3 is 0 Å². The summed E-state index contributed by atoms with van der Waals surface area (Å²) < 4.78 is 7.25. The molecule has 0 saturated carbocycles. The van der Waals surface area contributed by atoms with Crippen molar-refractivity contribution in [3.05, 3.63) is 41.5 Å². The number of nitrogens with zero attached hydrogens (tertiary/aromatic N) is 3. The molecule has 0 bridgehead atoms. The summed E-state index contributed by atoms with van der Waals surface area (Å²) in [5, 5.41) is 4.33. The van der Waals surface area contributed by atoms with Gasteiger partial charge in [0.1, 0.15) is 5.69 Å². The number of pyridine rings is 1. The molecule has 0 spiro atoms. The third kappa shape index (κ3) is 2.76. The minimum atomic E-state index is -0.330. The van der Waals surface area contributed by atoms with Crippen molar-refractivity contribution < 1.29 is 4.74 Å². The first-order chi connectivity index (χ1) is 9.17. The van der Waals surface area contributed by atoms with Crippen molar-refractivity contribution in [2.24, 2.45) is 5.73 Å². The van der Waals surface area contributed by atoms with Crippen LogP contribution >= 0.6 is 0 Å². The Kier molecular flexibility index (Phi) is 4.16. The smallest absolute Gasteiger partial charge is 0.161 e. The van der Waals surface area contributed by atoms with Crippen LogP contribution in [0.5, 0.6) is 5.75 Å². The zero-order valence-electron chi connectivity index (χ0n) is 11.6. The molecule has 0 amide bonds. The highest BCUT2D eigenvalue weighted by Crippen LogP contribution is 2.27. The highest BCUT2D eigenvalue weighted by atomic mass is 16.5. The Balaban J connectivity index is 2.41. The van der Waals surface area contributed by atoms with Crippen molar-refractivity contribution in [1.82, 2.24) is 14.8 Å². The fourth-order valence-corrected chi connectivity index (χ4v) is 2.11. The third-order valence-electron chi connectivity index (χ3n) is 3.05. The van der Waals surface area contributed by atoms with E-state index in [1.165, 1.54) is 0 Å². The molecule has 19 heavy (non-hydrogen) atoms. The highest BCUT2D eigenvalue weighted by Gasteiger charge is 2.21. The zero-order valence-corrected chi connectivity index (χ0v) is 11.6. The third-order valence-corrected chi connectivity index (χ3v) is 3.05. The molecule has 0 aliphatic carbocycles. The molecular formula is C14H20N4O. The molecule has 0 aromatic carbocycles. The van der Waals surface area contributed by atoms with E-state index in [4.69, 9.17) is 10.5 Å². The molecule has 1 atom stereocenters. The van der Waals surface area contributed by atoms with Crippen LogP contribution < -0.4 is 10.5 Å². The van der Waals surface area contributed by atoms with Gasteiger partial charge in [-0.2, -0.15) is 5.10 Å². The van der Waals surface area contributed by atoms with Crippen molar-refractivity contribution in [2.75, 3.05) is 7.11 Å². The Hall–Kier alpha value is -1.88. The van der Waals surface area contributed by atoms with Gasteiger partial charge in [-0.05, 0) is 31.0 Å². The summed E-state index contributed by atoms with van der Waals surface area (Å²) in [6.07, 6.45) is 4.48. The van der Waals surface area contributed by atoms with Crippen LogP contribution in [-0.4, -0.2) is 21.9 Å². The SMILES string of the molecule is CCCn1ncc(OC)c1C(N)c1cc(C)ccn1. The molecule has 102 valence electrons. The number of aryl methyl sites for hydroxylation is 2. The topological polar surface area (TPSA) is 66.0 Å². The van der Waals surface area contributed by atoms with E-state index in [0.29, 0.717) is 5.75 Å². The maximum atomic E-state index is 6.33. The molecule has 1 unspecified atom stereocenters. The van der Waals surface area contributed by atoms with E-state index in [0.717, 1.165) is 29.9 Å². The average Bonchev–Trinajstić information content (AvgIpc) is 2.81. The van der Waals surface area contributed by atoms with Gasteiger partial charge in [0.25, 0.3) is 0 Å². The normalized spacial score (nSPS) is 12.4. The minimum Gasteiger partial charge on any atom is -0.493 e. The quantitative estimate of drug-likeness (QED) is 0.893. The number of ether oxygens (including phenoxy) is 1. The predicted molar refractivity (Wildman–Crippen MR) is 74.1 cm³/mol. The van der Waals surface area contributed by atoms with Gasteiger partial charge in [-0.3, -0.25) is 9.67 Å². The number of aromatic nitrogens is 3. The first-order valence-corrected chi connectivity index (χ1v) is 6.45. The van der Waals surface area contributed by atoms with E-state index >= 15 is 0 Å². The van der Waals surface area contributed by atoms with E-state index < -0.39 is 0 Å². The number of hydrogen-bond donors (Lipinski definition) is 1. The molecule has 2 heterocycles. The predicted octanol–water partition coefficient (Wildman–Crippen LogP) is 2.05. The average molecular weight is 260 g/mol. The first kappa shape index (κ1) is 13.5. The van der Waals surface area contributed by atoms with Crippen LogP contribution in [0.1, 0.15) is 36.3 Å².